The van der Waals surface area contributed by atoms with Crippen LogP contribution in [0, 0.1) is 0 Å². The lowest BCUT2D eigenvalue weighted by Crippen LogP contribution is -2.29. The van der Waals surface area contributed by atoms with Crippen LogP contribution in [-0.2, 0) is 0 Å². The Hall–Kier alpha value is -4.17. The molecule has 0 bridgehead atoms. The molecule has 3 aromatic carbocycles. The summed E-state index contributed by atoms with van der Waals surface area (Å²) in [5.41, 5.74) is 2.38. The molecular weight excluding hydrogens is 462 g/mol. The molecule has 4 aromatic rings. The number of thioether (sulfide) groups is 1. The van der Waals surface area contributed by atoms with E-state index in [0.717, 1.165) is 10.5 Å². The Kier molecular flexibility index (Phi) is 6.20. The average molecular weight is 484 g/mol. The topological polar surface area (TPSA) is 81.6 Å². The van der Waals surface area contributed by atoms with Crippen molar-refractivity contribution in [3.05, 3.63) is 107 Å². The largest absolute Gasteiger partial charge is 0.481 e. The van der Waals surface area contributed by atoms with Gasteiger partial charge in [0.25, 0.3) is 11.8 Å². The predicted octanol–water partition coefficient (Wildman–Crippen LogP) is 5.18. The molecule has 8 heteroatoms. The summed E-state index contributed by atoms with van der Waals surface area (Å²) >= 11 is 1.55. The third-order valence-electron chi connectivity index (χ3n) is 5.59. The minimum atomic E-state index is -0.315. The minimum absolute atomic E-state index is 0.245. The van der Waals surface area contributed by atoms with Crippen LogP contribution in [0.15, 0.2) is 89.8 Å². The Morgan fingerprint density at radius 2 is 1.29 bits per heavy atom. The Morgan fingerprint density at radius 1 is 0.743 bits per heavy atom. The smallest absolute Gasteiger partial charge is 0.266 e. The Labute approximate surface area is 206 Å². The number of ether oxygens (including phenoxy) is 2. The molecule has 35 heavy (non-hydrogen) atoms. The summed E-state index contributed by atoms with van der Waals surface area (Å²) in [5, 5.41) is -0.245. The van der Waals surface area contributed by atoms with Crippen LogP contribution in [0.5, 0.6) is 11.8 Å². The van der Waals surface area contributed by atoms with Crippen LogP contribution >= 0.6 is 11.8 Å². The van der Waals surface area contributed by atoms with Crippen molar-refractivity contribution in [2.45, 2.75) is 10.1 Å². The van der Waals surface area contributed by atoms with E-state index in [1.54, 1.807) is 68.4 Å². The van der Waals surface area contributed by atoms with Gasteiger partial charge in [0, 0.05) is 4.90 Å². The minimum Gasteiger partial charge on any atom is -0.481 e. The van der Waals surface area contributed by atoms with Gasteiger partial charge in [-0.1, -0.05) is 42.5 Å². The molecule has 5 rings (SSSR count). The zero-order valence-electron chi connectivity index (χ0n) is 19.0. The molecule has 174 valence electrons. The summed E-state index contributed by atoms with van der Waals surface area (Å²) in [5.74, 6) is 0.737. The van der Waals surface area contributed by atoms with E-state index in [9.17, 15) is 9.59 Å². The van der Waals surface area contributed by atoms with E-state index >= 15 is 0 Å². The highest BCUT2D eigenvalue weighted by Crippen LogP contribution is 2.41. The zero-order valence-corrected chi connectivity index (χ0v) is 19.9. The van der Waals surface area contributed by atoms with Gasteiger partial charge >= 0.3 is 0 Å². The number of methoxy groups -OCH3 is 2. The van der Waals surface area contributed by atoms with Gasteiger partial charge in [0.1, 0.15) is 0 Å². The fraction of sp³-hybridized carbons (Fsp3) is 0.111. The molecule has 7 nitrogen and oxygen atoms in total. The molecule has 0 aliphatic carbocycles. The summed E-state index contributed by atoms with van der Waals surface area (Å²) in [7, 11) is 3.10. The summed E-state index contributed by atoms with van der Waals surface area (Å²) in [4.78, 5) is 36.9. The molecule has 0 radical (unpaired) electrons. The van der Waals surface area contributed by atoms with E-state index in [4.69, 9.17) is 9.47 Å². The second kappa shape index (κ2) is 9.60. The maximum absolute atomic E-state index is 12.8. The number of hydrogen-bond donors (Lipinski definition) is 0. The predicted molar refractivity (Wildman–Crippen MR) is 133 cm³/mol. The van der Waals surface area contributed by atoms with E-state index in [2.05, 4.69) is 9.97 Å². The van der Waals surface area contributed by atoms with Gasteiger partial charge in [0.2, 0.25) is 11.8 Å². The maximum Gasteiger partial charge on any atom is 0.266 e. The third kappa shape index (κ3) is 4.36. The first-order valence-electron chi connectivity index (χ1n) is 10.9. The van der Waals surface area contributed by atoms with Crippen molar-refractivity contribution in [3.63, 3.8) is 0 Å². The molecule has 1 aliphatic heterocycles. The number of anilines is 1. The molecule has 1 aromatic heterocycles. The number of carbonyl (C=O) groups is 2. The number of rotatable bonds is 7. The van der Waals surface area contributed by atoms with Gasteiger partial charge in [-0.2, -0.15) is 9.97 Å². The van der Waals surface area contributed by atoms with E-state index in [-0.39, 0.29) is 17.1 Å². The van der Waals surface area contributed by atoms with Crippen molar-refractivity contribution in [2.24, 2.45) is 0 Å². The molecule has 0 fully saturated rings. The fourth-order valence-electron chi connectivity index (χ4n) is 3.88. The van der Waals surface area contributed by atoms with Crippen LogP contribution < -0.4 is 14.4 Å². The van der Waals surface area contributed by atoms with E-state index in [1.807, 2.05) is 42.5 Å². The molecular formula is C27H21N3O4S. The normalized spacial score (nSPS) is 13.5. The van der Waals surface area contributed by atoms with Crippen LogP contribution in [0.4, 0.5) is 5.69 Å². The van der Waals surface area contributed by atoms with Crippen LogP contribution in [0.3, 0.4) is 0 Å². The lowest BCUT2D eigenvalue weighted by Gasteiger charge is -2.18. The van der Waals surface area contributed by atoms with Crippen LogP contribution in [-0.4, -0.2) is 36.0 Å². The van der Waals surface area contributed by atoms with Crippen LogP contribution in [0.2, 0.25) is 0 Å². The van der Waals surface area contributed by atoms with Crippen molar-refractivity contribution in [1.29, 1.82) is 0 Å². The van der Waals surface area contributed by atoms with Gasteiger partial charge in [0.15, 0.2) is 5.82 Å². The molecule has 1 unspecified atom stereocenters. The number of fused-ring (bicyclic) bond motifs is 1. The maximum atomic E-state index is 12.8. The quantitative estimate of drug-likeness (QED) is 0.265. The Balaban J connectivity index is 1.46. The second-order valence-electron chi connectivity index (χ2n) is 7.70. The first kappa shape index (κ1) is 22.6. The molecule has 0 N–H and O–H groups in total. The van der Waals surface area contributed by atoms with Gasteiger partial charge in [-0.05, 0) is 42.0 Å². The highest BCUT2D eigenvalue weighted by Gasteiger charge is 2.36. The van der Waals surface area contributed by atoms with Gasteiger partial charge in [-0.3, -0.25) is 9.59 Å². The number of imide groups is 1. The first-order chi connectivity index (χ1) is 17.1. The summed E-state index contributed by atoms with van der Waals surface area (Å²) in [6, 6.07) is 25.7. The summed E-state index contributed by atoms with van der Waals surface area (Å²) in [6.45, 7) is 0. The van der Waals surface area contributed by atoms with Crippen molar-refractivity contribution in [2.75, 3.05) is 19.1 Å². The number of amides is 2. The highest BCUT2D eigenvalue weighted by molar-refractivity contribution is 7.99. The number of nitrogens with zero attached hydrogens (tertiary/aromatic N) is 3. The zero-order chi connectivity index (χ0) is 24.4. The van der Waals surface area contributed by atoms with Gasteiger partial charge in [-0.15, -0.1) is 11.8 Å². The summed E-state index contributed by atoms with van der Waals surface area (Å²) in [6.07, 6.45) is 0. The standard InChI is InChI=1S/C27H21N3O4S/c1-33-22-16-23(34-2)29-25(28-22)24(17-8-4-3-5-9-17)35-19-14-12-18(13-15-19)30-26(31)20-10-6-7-11-21(20)27(30)32/h3-16,24H,1-2H3. The lowest BCUT2D eigenvalue weighted by molar-refractivity contribution is 0.0926. The second-order valence-corrected chi connectivity index (χ2v) is 8.88. The molecule has 1 atom stereocenters. The van der Waals surface area contributed by atoms with Crippen molar-refractivity contribution >= 4 is 29.3 Å². The van der Waals surface area contributed by atoms with E-state index in [0.29, 0.717) is 34.4 Å². The number of carbonyl (C=O) groups excluding carboxylic acids is 2. The van der Waals surface area contributed by atoms with Crippen molar-refractivity contribution in [1.82, 2.24) is 9.97 Å². The van der Waals surface area contributed by atoms with Crippen LogP contribution in [0.25, 0.3) is 0 Å². The van der Waals surface area contributed by atoms with Crippen molar-refractivity contribution < 1.29 is 19.1 Å². The highest BCUT2D eigenvalue weighted by atomic mass is 32.2. The summed E-state index contributed by atoms with van der Waals surface area (Å²) < 4.78 is 10.7. The SMILES string of the molecule is COc1cc(OC)nc(C(Sc2ccc(N3C(=O)c4ccccc4C3=O)cc2)c2ccccc2)n1. The Bertz CT molecular complexity index is 1340. The van der Waals surface area contributed by atoms with Gasteiger partial charge in [-0.25, -0.2) is 4.90 Å². The molecule has 2 amide bonds. The molecule has 2 heterocycles. The molecule has 0 saturated heterocycles. The lowest BCUT2D eigenvalue weighted by atomic mass is 10.1. The van der Waals surface area contributed by atoms with E-state index in [1.165, 1.54) is 4.90 Å². The average Bonchev–Trinajstić information content (AvgIpc) is 3.17. The number of aromatic nitrogens is 2. The number of hydrogen-bond acceptors (Lipinski definition) is 7. The van der Waals surface area contributed by atoms with Crippen molar-refractivity contribution in [3.8, 4) is 11.8 Å². The third-order valence-corrected chi connectivity index (χ3v) is 6.86. The van der Waals surface area contributed by atoms with Gasteiger partial charge in [0.05, 0.1) is 42.4 Å². The first-order valence-corrected chi connectivity index (χ1v) is 11.7. The van der Waals surface area contributed by atoms with Gasteiger partial charge < -0.3 is 9.47 Å². The van der Waals surface area contributed by atoms with E-state index < -0.39 is 0 Å². The molecule has 0 spiro atoms. The number of benzene rings is 3. The molecule has 0 saturated carbocycles. The van der Waals surface area contributed by atoms with Crippen LogP contribution in [0.1, 0.15) is 37.4 Å². The molecule has 1 aliphatic rings. The Morgan fingerprint density at radius 3 is 1.83 bits per heavy atom. The monoisotopic (exact) mass is 483 g/mol. The fourth-order valence-corrected chi connectivity index (χ4v) is 4.95.